The Morgan fingerprint density at radius 2 is 1.73 bits per heavy atom. The van der Waals surface area contributed by atoms with Gasteiger partial charge >= 0.3 is 5.97 Å². The highest BCUT2D eigenvalue weighted by molar-refractivity contribution is 6.15. The fourth-order valence-electron chi connectivity index (χ4n) is 2.04. The Bertz CT molecular complexity index is 874. The van der Waals surface area contributed by atoms with Gasteiger partial charge in [-0.05, 0) is 32.0 Å². The van der Waals surface area contributed by atoms with Crippen LogP contribution in [0.25, 0.3) is 5.76 Å². The molecule has 1 N–H and O–H groups in total. The number of hydrogen-bond acceptors (Lipinski definition) is 4. The van der Waals surface area contributed by atoms with Gasteiger partial charge < -0.3 is 9.84 Å². The van der Waals surface area contributed by atoms with Gasteiger partial charge in [-0.3, -0.25) is 4.99 Å². The topological polar surface area (TPSA) is 58.9 Å². The van der Waals surface area contributed by atoms with Crippen molar-refractivity contribution in [3.63, 3.8) is 0 Å². The third kappa shape index (κ3) is 4.50. The smallest absolute Gasteiger partial charge is 0.343 e. The number of benzene rings is 2. The second-order valence-corrected chi connectivity index (χ2v) is 5.32. The van der Waals surface area contributed by atoms with Crippen LogP contribution in [-0.2, 0) is 9.53 Å². The van der Waals surface area contributed by atoms with Crippen LogP contribution in [0.4, 0.5) is 18.9 Å². The third-order valence-electron chi connectivity index (χ3n) is 3.39. The van der Waals surface area contributed by atoms with E-state index in [0.29, 0.717) is 11.8 Å². The number of aryl methyl sites for hydroxylation is 1. The van der Waals surface area contributed by atoms with Crippen LogP contribution in [-0.4, -0.2) is 23.9 Å². The number of ether oxygens (including phenoxy) is 1. The minimum absolute atomic E-state index is 0.00571. The maximum atomic E-state index is 13.9. The summed E-state index contributed by atoms with van der Waals surface area (Å²) >= 11 is 0. The quantitative estimate of drug-likeness (QED) is 0.277. The Hall–Kier alpha value is -3.09. The van der Waals surface area contributed by atoms with Gasteiger partial charge in [0.15, 0.2) is 11.6 Å². The first-order chi connectivity index (χ1) is 12.3. The number of esters is 1. The second kappa shape index (κ2) is 8.33. The molecule has 0 aliphatic carbocycles. The zero-order valence-electron chi connectivity index (χ0n) is 14.1. The third-order valence-corrected chi connectivity index (χ3v) is 3.39. The van der Waals surface area contributed by atoms with E-state index in [1.54, 1.807) is 31.2 Å². The summed E-state index contributed by atoms with van der Waals surface area (Å²) in [7, 11) is 0. The summed E-state index contributed by atoms with van der Waals surface area (Å²) in [6.45, 7) is 3.42. The standard InChI is InChI=1S/C19H16F3NO3/c1-3-26-19(25)14(10-23-12-6-4-11(2)5-7-12)18(24)13-8-16(21)17(22)9-15(13)20/h4-10,24H,3H2,1-2H3/b18-14-,23-10?. The highest BCUT2D eigenvalue weighted by Gasteiger charge is 2.21. The summed E-state index contributed by atoms with van der Waals surface area (Å²) in [4.78, 5) is 16.1. The van der Waals surface area contributed by atoms with Crippen LogP contribution in [0.1, 0.15) is 18.1 Å². The minimum atomic E-state index is -1.41. The molecule has 0 aromatic heterocycles. The monoisotopic (exact) mass is 363 g/mol. The number of carbonyl (C=O) groups is 1. The summed E-state index contributed by atoms with van der Waals surface area (Å²) in [6.07, 6.45) is 0.985. The van der Waals surface area contributed by atoms with E-state index < -0.39 is 40.3 Å². The molecule has 2 rings (SSSR count). The lowest BCUT2D eigenvalue weighted by Crippen LogP contribution is -2.12. The number of halogens is 3. The molecule has 0 saturated heterocycles. The predicted octanol–water partition coefficient (Wildman–Crippen LogP) is 4.65. The highest BCUT2D eigenvalue weighted by Crippen LogP contribution is 2.23. The van der Waals surface area contributed by atoms with Crippen LogP contribution in [0.15, 0.2) is 47.0 Å². The second-order valence-electron chi connectivity index (χ2n) is 5.32. The summed E-state index contributed by atoms with van der Waals surface area (Å²) in [5, 5.41) is 10.3. The number of nitrogens with zero attached hydrogens (tertiary/aromatic N) is 1. The molecule has 0 heterocycles. The van der Waals surface area contributed by atoms with Gasteiger partial charge in [-0.15, -0.1) is 0 Å². The summed E-state index contributed by atoms with van der Waals surface area (Å²) < 4.78 is 45.2. The summed E-state index contributed by atoms with van der Waals surface area (Å²) in [5.41, 5.74) is 0.299. The number of hydrogen-bond donors (Lipinski definition) is 1. The SMILES string of the molecule is CCOC(=O)/C(C=Nc1ccc(C)cc1)=C(\O)c1cc(F)c(F)cc1F. The molecule has 0 radical (unpaired) electrons. The van der Waals surface area contributed by atoms with Gasteiger partial charge in [-0.25, -0.2) is 18.0 Å². The molecular formula is C19H16F3NO3. The largest absolute Gasteiger partial charge is 0.506 e. The van der Waals surface area contributed by atoms with Crippen molar-refractivity contribution in [1.29, 1.82) is 0 Å². The van der Waals surface area contributed by atoms with Crippen molar-refractivity contribution in [1.82, 2.24) is 0 Å². The molecule has 0 aliphatic rings. The van der Waals surface area contributed by atoms with Crippen LogP contribution in [0, 0.1) is 24.4 Å². The number of aliphatic hydroxyl groups is 1. The Kier molecular flexibility index (Phi) is 6.16. The number of aliphatic hydroxyl groups excluding tert-OH is 1. The summed E-state index contributed by atoms with van der Waals surface area (Å²) in [5.74, 6) is -5.90. The van der Waals surface area contributed by atoms with E-state index in [-0.39, 0.29) is 12.7 Å². The average molecular weight is 363 g/mol. The molecule has 26 heavy (non-hydrogen) atoms. The first kappa shape index (κ1) is 19.2. The van der Waals surface area contributed by atoms with Crippen LogP contribution < -0.4 is 0 Å². The van der Waals surface area contributed by atoms with Gasteiger partial charge in [-0.1, -0.05) is 17.7 Å². The maximum Gasteiger partial charge on any atom is 0.343 e. The van der Waals surface area contributed by atoms with Crippen LogP contribution in [0.3, 0.4) is 0 Å². The average Bonchev–Trinajstić information content (AvgIpc) is 2.60. The molecule has 0 amide bonds. The van der Waals surface area contributed by atoms with Gasteiger partial charge in [-0.2, -0.15) is 0 Å². The zero-order valence-corrected chi connectivity index (χ0v) is 14.1. The fraction of sp³-hybridized carbons (Fsp3) is 0.158. The van der Waals surface area contributed by atoms with E-state index in [9.17, 15) is 23.1 Å². The van der Waals surface area contributed by atoms with E-state index in [1.165, 1.54) is 0 Å². The Labute approximate surface area is 148 Å². The molecule has 0 bridgehead atoms. The molecule has 2 aromatic carbocycles. The van der Waals surface area contributed by atoms with Gasteiger partial charge in [0.05, 0.1) is 17.9 Å². The molecule has 7 heteroatoms. The number of carbonyl (C=O) groups excluding carboxylic acids is 1. The van der Waals surface area contributed by atoms with Crippen LogP contribution >= 0.6 is 0 Å². The summed E-state index contributed by atoms with van der Waals surface area (Å²) in [6, 6.07) is 7.65. The first-order valence-corrected chi connectivity index (χ1v) is 7.69. The van der Waals surface area contributed by atoms with E-state index in [2.05, 4.69) is 4.99 Å². The van der Waals surface area contributed by atoms with Crippen molar-refractivity contribution in [2.75, 3.05) is 6.61 Å². The van der Waals surface area contributed by atoms with E-state index in [4.69, 9.17) is 4.74 Å². The lowest BCUT2D eigenvalue weighted by Gasteiger charge is -2.08. The van der Waals surface area contributed by atoms with E-state index in [0.717, 1.165) is 11.8 Å². The normalized spacial score (nSPS) is 12.2. The molecule has 0 saturated carbocycles. The van der Waals surface area contributed by atoms with Crippen molar-refractivity contribution >= 4 is 23.6 Å². The minimum Gasteiger partial charge on any atom is -0.506 e. The zero-order chi connectivity index (χ0) is 19.3. The molecule has 136 valence electrons. The lowest BCUT2D eigenvalue weighted by molar-refractivity contribution is -0.137. The maximum absolute atomic E-state index is 13.9. The number of aliphatic imine (C=N–C) groups is 1. The molecule has 0 spiro atoms. The molecule has 0 atom stereocenters. The van der Waals surface area contributed by atoms with Crippen molar-refractivity contribution in [3.8, 4) is 0 Å². The van der Waals surface area contributed by atoms with Crippen molar-refractivity contribution in [3.05, 3.63) is 70.5 Å². The Morgan fingerprint density at radius 3 is 2.35 bits per heavy atom. The van der Waals surface area contributed by atoms with Gasteiger partial charge in [0.25, 0.3) is 0 Å². The molecule has 2 aromatic rings. The molecular weight excluding hydrogens is 347 g/mol. The van der Waals surface area contributed by atoms with Gasteiger partial charge in [0.2, 0.25) is 0 Å². The molecule has 0 aliphatic heterocycles. The fourth-order valence-corrected chi connectivity index (χ4v) is 2.04. The Balaban J connectivity index is 2.52. The van der Waals surface area contributed by atoms with Crippen molar-refractivity contribution < 1.29 is 27.8 Å². The van der Waals surface area contributed by atoms with Gasteiger partial charge in [0, 0.05) is 12.3 Å². The first-order valence-electron chi connectivity index (χ1n) is 7.69. The lowest BCUT2D eigenvalue weighted by atomic mass is 10.1. The highest BCUT2D eigenvalue weighted by atomic mass is 19.2. The van der Waals surface area contributed by atoms with Crippen LogP contribution in [0.2, 0.25) is 0 Å². The van der Waals surface area contributed by atoms with Crippen LogP contribution in [0.5, 0.6) is 0 Å². The molecule has 4 nitrogen and oxygen atoms in total. The number of rotatable bonds is 5. The van der Waals surface area contributed by atoms with Gasteiger partial charge in [0.1, 0.15) is 17.1 Å². The van der Waals surface area contributed by atoms with Crippen molar-refractivity contribution in [2.45, 2.75) is 13.8 Å². The van der Waals surface area contributed by atoms with Crippen molar-refractivity contribution in [2.24, 2.45) is 4.99 Å². The predicted molar refractivity (Wildman–Crippen MR) is 91.8 cm³/mol. The Morgan fingerprint density at radius 1 is 1.12 bits per heavy atom. The molecule has 0 unspecified atom stereocenters. The van der Waals surface area contributed by atoms with E-state index >= 15 is 0 Å². The molecule has 0 fully saturated rings. The van der Waals surface area contributed by atoms with E-state index in [1.807, 2.05) is 6.92 Å².